The molecule has 2 unspecified atom stereocenters. The Bertz CT molecular complexity index is 594. The van der Waals surface area contributed by atoms with Crippen LogP contribution < -0.4 is 5.32 Å². The number of hydrogen-bond acceptors (Lipinski definition) is 3. The average Bonchev–Trinajstić information content (AvgIpc) is 2.55. The van der Waals surface area contributed by atoms with Crippen molar-refractivity contribution in [3.8, 4) is 0 Å². The van der Waals surface area contributed by atoms with Crippen LogP contribution in [0.5, 0.6) is 0 Å². The first kappa shape index (κ1) is 14.1. The van der Waals surface area contributed by atoms with E-state index in [2.05, 4.69) is 23.5 Å². The zero-order valence-electron chi connectivity index (χ0n) is 12.3. The van der Waals surface area contributed by atoms with E-state index in [-0.39, 0.29) is 6.04 Å². The number of aliphatic hydroxyl groups is 1. The lowest BCUT2D eigenvalue weighted by Crippen LogP contribution is -2.31. The third-order valence-corrected chi connectivity index (χ3v) is 4.10. The van der Waals surface area contributed by atoms with Gasteiger partial charge >= 0.3 is 0 Å². The van der Waals surface area contributed by atoms with Crippen LogP contribution in [0.2, 0.25) is 0 Å². The fourth-order valence-electron chi connectivity index (χ4n) is 2.91. The average molecular weight is 283 g/mol. The van der Waals surface area contributed by atoms with Crippen LogP contribution >= 0.6 is 0 Å². The van der Waals surface area contributed by atoms with E-state index in [4.69, 9.17) is 4.74 Å². The maximum Gasteiger partial charge on any atom is 0.0991 e. The Balaban J connectivity index is 1.72. The number of nitrogens with one attached hydrogen (secondary N) is 1. The molecule has 1 heterocycles. The zero-order chi connectivity index (χ0) is 14.7. The maximum atomic E-state index is 10.6. The second-order valence-corrected chi connectivity index (χ2v) is 5.57. The molecule has 0 aliphatic carbocycles. The molecular formula is C18H21NO2. The Hall–Kier alpha value is -1.84. The van der Waals surface area contributed by atoms with Crippen LogP contribution in [0, 0.1) is 0 Å². The van der Waals surface area contributed by atoms with Crippen molar-refractivity contribution >= 4 is 5.69 Å². The monoisotopic (exact) mass is 283 g/mol. The number of benzene rings is 2. The second-order valence-electron chi connectivity index (χ2n) is 5.57. The van der Waals surface area contributed by atoms with Crippen molar-refractivity contribution < 1.29 is 9.84 Å². The van der Waals surface area contributed by atoms with Crippen molar-refractivity contribution in [3.63, 3.8) is 0 Å². The summed E-state index contributed by atoms with van der Waals surface area (Å²) in [5.41, 5.74) is 4.54. The van der Waals surface area contributed by atoms with E-state index >= 15 is 0 Å². The summed E-state index contributed by atoms with van der Waals surface area (Å²) in [5.74, 6) is 0. The van der Waals surface area contributed by atoms with Gasteiger partial charge in [-0.15, -0.1) is 0 Å². The van der Waals surface area contributed by atoms with Crippen LogP contribution in [-0.2, 0) is 17.8 Å². The number of fused-ring (bicyclic) bond motifs is 1. The van der Waals surface area contributed by atoms with Gasteiger partial charge in [0.05, 0.1) is 18.8 Å². The van der Waals surface area contributed by atoms with Gasteiger partial charge in [0.25, 0.3) is 0 Å². The third-order valence-electron chi connectivity index (χ3n) is 4.10. The predicted molar refractivity (Wildman–Crippen MR) is 84.3 cm³/mol. The van der Waals surface area contributed by atoms with Crippen LogP contribution in [0.25, 0.3) is 0 Å². The molecule has 2 aromatic rings. The van der Waals surface area contributed by atoms with Crippen molar-refractivity contribution in [2.75, 3.05) is 12.4 Å². The van der Waals surface area contributed by atoms with E-state index in [1.165, 1.54) is 5.56 Å². The summed E-state index contributed by atoms with van der Waals surface area (Å²) in [6.07, 6.45) is 1.46. The number of rotatable bonds is 4. The SMILES string of the molecule is COCc1ccc(C(O)C2CCc3ccccc3N2)cc1. The number of methoxy groups -OCH3 is 1. The number of aliphatic hydroxyl groups excluding tert-OH is 1. The number of hydrogen-bond donors (Lipinski definition) is 2. The van der Waals surface area contributed by atoms with Gasteiger partial charge in [0, 0.05) is 12.8 Å². The normalized spacial score (nSPS) is 18.7. The van der Waals surface area contributed by atoms with Gasteiger partial charge in [0.1, 0.15) is 0 Å². The summed E-state index contributed by atoms with van der Waals surface area (Å²) in [6, 6.07) is 16.4. The van der Waals surface area contributed by atoms with E-state index in [9.17, 15) is 5.11 Å². The molecule has 0 radical (unpaired) electrons. The van der Waals surface area contributed by atoms with Gasteiger partial charge in [-0.1, -0.05) is 42.5 Å². The van der Waals surface area contributed by atoms with E-state index in [1.54, 1.807) is 7.11 Å². The molecule has 0 saturated heterocycles. The molecule has 2 aromatic carbocycles. The van der Waals surface area contributed by atoms with E-state index in [0.717, 1.165) is 29.7 Å². The van der Waals surface area contributed by atoms with E-state index in [1.807, 2.05) is 30.3 Å². The van der Waals surface area contributed by atoms with Crippen molar-refractivity contribution in [2.45, 2.75) is 31.6 Å². The maximum absolute atomic E-state index is 10.6. The molecule has 2 atom stereocenters. The molecule has 0 bridgehead atoms. The molecule has 3 heteroatoms. The first-order valence-electron chi connectivity index (χ1n) is 7.38. The molecule has 2 N–H and O–H groups in total. The zero-order valence-corrected chi connectivity index (χ0v) is 12.3. The van der Waals surface area contributed by atoms with E-state index < -0.39 is 6.10 Å². The minimum Gasteiger partial charge on any atom is -0.386 e. The quantitative estimate of drug-likeness (QED) is 0.904. The molecule has 1 aliphatic heterocycles. The van der Waals surface area contributed by atoms with Gasteiger partial charge in [0.15, 0.2) is 0 Å². The highest BCUT2D eigenvalue weighted by Gasteiger charge is 2.25. The molecule has 1 aliphatic rings. The minimum absolute atomic E-state index is 0.0631. The lowest BCUT2D eigenvalue weighted by molar-refractivity contribution is 0.148. The highest BCUT2D eigenvalue weighted by molar-refractivity contribution is 5.54. The summed E-state index contributed by atoms with van der Waals surface area (Å²) in [7, 11) is 1.69. The number of aryl methyl sites for hydroxylation is 1. The van der Waals surface area contributed by atoms with Gasteiger partial charge in [-0.3, -0.25) is 0 Å². The molecule has 0 amide bonds. The predicted octanol–water partition coefficient (Wildman–Crippen LogP) is 3.29. The van der Waals surface area contributed by atoms with Gasteiger partial charge in [-0.2, -0.15) is 0 Å². The standard InChI is InChI=1S/C18H21NO2/c1-21-12-13-6-8-15(9-7-13)18(20)17-11-10-14-4-2-3-5-16(14)19-17/h2-9,17-20H,10-12H2,1H3. The van der Waals surface area contributed by atoms with Crippen LogP contribution in [0.3, 0.4) is 0 Å². The lowest BCUT2D eigenvalue weighted by Gasteiger charge is -2.30. The molecule has 0 fully saturated rings. The summed E-state index contributed by atoms with van der Waals surface area (Å²) < 4.78 is 5.11. The Morgan fingerprint density at radius 2 is 1.95 bits per heavy atom. The van der Waals surface area contributed by atoms with Gasteiger partial charge < -0.3 is 15.2 Å². The summed E-state index contributed by atoms with van der Waals surface area (Å²) in [4.78, 5) is 0. The van der Waals surface area contributed by atoms with Crippen molar-refractivity contribution in [1.29, 1.82) is 0 Å². The van der Waals surface area contributed by atoms with Gasteiger partial charge in [0.2, 0.25) is 0 Å². The Morgan fingerprint density at radius 1 is 1.19 bits per heavy atom. The Kier molecular flexibility index (Phi) is 4.23. The summed E-state index contributed by atoms with van der Waals surface area (Å²) in [6.45, 7) is 0.603. The molecular weight excluding hydrogens is 262 g/mol. The Morgan fingerprint density at radius 3 is 2.71 bits per heavy atom. The largest absolute Gasteiger partial charge is 0.386 e. The summed E-state index contributed by atoms with van der Waals surface area (Å²) in [5, 5.41) is 14.1. The highest BCUT2D eigenvalue weighted by atomic mass is 16.5. The van der Waals surface area contributed by atoms with Crippen molar-refractivity contribution in [2.24, 2.45) is 0 Å². The fourth-order valence-corrected chi connectivity index (χ4v) is 2.91. The molecule has 110 valence electrons. The van der Waals surface area contributed by atoms with Crippen molar-refractivity contribution in [3.05, 3.63) is 65.2 Å². The minimum atomic E-state index is -0.491. The fraction of sp³-hybridized carbons (Fsp3) is 0.333. The highest BCUT2D eigenvalue weighted by Crippen LogP contribution is 2.30. The third kappa shape index (κ3) is 3.09. The topological polar surface area (TPSA) is 41.5 Å². The van der Waals surface area contributed by atoms with Crippen LogP contribution in [0.15, 0.2) is 48.5 Å². The van der Waals surface area contributed by atoms with Crippen molar-refractivity contribution in [1.82, 2.24) is 0 Å². The first-order valence-corrected chi connectivity index (χ1v) is 7.38. The molecule has 21 heavy (non-hydrogen) atoms. The smallest absolute Gasteiger partial charge is 0.0991 e. The number of ether oxygens (including phenoxy) is 1. The lowest BCUT2D eigenvalue weighted by atomic mass is 9.91. The Labute approximate surface area is 125 Å². The molecule has 3 rings (SSSR count). The molecule has 0 aromatic heterocycles. The molecule has 0 spiro atoms. The van der Waals surface area contributed by atoms with Crippen LogP contribution in [-0.4, -0.2) is 18.3 Å². The molecule has 3 nitrogen and oxygen atoms in total. The van der Waals surface area contributed by atoms with E-state index in [0.29, 0.717) is 6.61 Å². The number of para-hydroxylation sites is 1. The summed E-state index contributed by atoms with van der Waals surface area (Å²) >= 11 is 0. The first-order chi connectivity index (χ1) is 10.3. The van der Waals surface area contributed by atoms with Gasteiger partial charge in [-0.25, -0.2) is 0 Å². The molecule has 0 saturated carbocycles. The van der Waals surface area contributed by atoms with Crippen LogP contribution in [0.4, 0.5) is 5.69 Å². The van der Waals surface area contributed by atoms with Gasteiger partial charge in [-0.05, 0) is 35.6 Å². The van der Waals surface area contributed by atoms with Crippen LogP contribution in [0.1, 0.15) is 29.2 Å². The second kappa shape index (κ2) is 6.29. The number of anilines is 1.